The summed E-state index contributed by atoms with van der Waals surface area (Å²) in [6.07, 6.45) is 1.63. The highest BCUT2D eigenvalue weighted by Gasteiger charge is 2.25. The Bertz CT molecular complexity index is 902. The molecule has 4 rings (SSSR count). The molecule has 5 nitrogen and oxygen atoms in total. The Labute approximate surface area is 165 Å². The Morgan fingerprint density at radius 2 is 2.00 bits per heavy atom. The van der Waals surface area contributed by atoms with Crippen molar-refractivity contribution < 1.29 is 18.5 Å². The van der Waals surface area contributed by atoms with Crippen molar-refractivity contribution in [2.75, 3.05) is 30.4 Å². The minimum atomic E-state index is -1.33. The van der Waals surface area contributed by atoms with Crippen LogP contribution in [-0.2, 0) is 27.8 Å². The first kappa shape index (κ1) is 18.3. The fourth-order valence-corrected chi connectivity index (χ4v) is 4.78. The van der Waals surface area contributed by atoms with Gasteiger partial charge in [0.25, 0.3) is 0 Å². The summed E-state index contributed by atoms with van der Waals surface area (Å²) in [5, 5.41) is 0.446. The Hall–Kier alpha value is -2.05. The lowest BCUT2D eigenvalue weighted by molar-refractivity contribution is -0.116. The summed E-state index contributed by atoms with van der Waals surface area (Å²) in [7, 11) is -1.33. The van der Waals surface area contributed by atoms with Crippen molar-refractivity contribution in [3.8, 4) is 11.5 Å². The third-order valence-corrected chi connectivity index (χ3v) is 6.17. The van der Waals surface area contributed by atoms with E-state index in [1.165, 1.54) is 0 Å². The van der Waals surface area contributed by atoms with Gasteiger partial charge in [-0.1, -0.05) is 29.8 Å². The number of carbonyl (C=O) groups excluding carboxylic acids is 1. The minimum Gasteiger partial charge on any atom is -0.489 e. The van der Waals surface area contributed by atoms with Gasteiger partial charge < -0.3 is 14.4 Å². The number of hydrogen-bond donors (Lipinski definition) is 0. The van der Waals surface area contributed by atoms with Crippen molar-refractivity contribution >= 4 is 34.0 Å². The van der Waals surface area contributed by atoms with E-state index >= 15 is 0 Å². The highest BCUT2D eigenvalue weighted by molar-refractivity contribution is 7.84. The van der Waals surface area contributed by atoms with E-state index in [1.54, 1.807) is 17.0 Å². The van der Waals surface area contributed by atoms with Crippen molar-refractivity contribution in [2.24, 2.45) is 0 Å². The molecule has 0 N–H and O–H groups in total. The third-order valence-electron chi connectivity index (χ3n) is 4.66. The van der Waals surface area contributed by atoms with Gasteiger partial charge in [0.15, 0.2) is 11.5 Å². The van der Waals surface area contributed by atoms with E-state index in [-0.39, 0.29) is 17.4 Å². The zero-order valence-corrected chi connectivity index (χ0v) is 16.4. The number of para-hydroxylation sites is 1. The first-order valence-corrected chi connectivity index (χ1v) is 10.8. The highest BCUT2D eigenvalue weighted by Crippen LogP contribution is 2.38. The van der Waals surface area contributed by atoms with E-state index in [0.717, 1.165) is 29.7 Å². The van der Waals surface area contributed by atoms with Gasteiger partial charge in [-0.3, -0.25) is 9.00 Å². The molecule has 2 heterocycles. The number of fused-ring (bicyclic) bond motifs is 2. The lowest BCUT2D eigenvalue weighted by Gasteiger charge is -2.17. The molecule has 1 amide bonds. The summed E-state index contributed by atoms with van der Waals surface area (Å²) in [6.45, 7) is 1.76. The number of halogens is 1. The molecule has 142 valence electrons. The summed E-state index contributed by atoms with van der Waals surface area (Å²) in [6, 6.07) is 11.4. The van der Waals surface area contributed by atoms with Gasteiger partial charge in [-0.2, -0.15) is 0 Å². The molecular weight excluding hydrogens is 386 g/mol. The molecule has 0 saturated heterocycles. The van der Waals surface area contributed by atoms with E-state index < -0.39 is 10.8 Å². The van der Waals surface area contributed by atoms with Gasteiger partial charge in [0.2, 0.25) is 5.91 Å². The van der Waals surface area contributed by atoms with E-state index in [1.807, 2.05) is 24.3 Å². The molecule has 0 spiro atoms. The molecule has 0 radical (unpaired) electrons. The maximum Gasteiger partial charge on any atom is 0.239 e. The van der Waals surface area contributed by atoms with Crippen molar-refractivity contribution in [3.05, 3.63) is 52.5 Å². The van der Waals surface area contributed by atoms with E-state index in [2.05, 4.69) is 0 Å². The summed E-state index contributed by atoms with van der Waals surface area (Å²) in [5.41, 5.74) is 2.86. The van der Waals surface area contributed by atoms with E-state index in [0.29, 0.717) is 36.3 Å². The number of nitrogens with zero attached hydrogens (tertiary/aromatic N) is 1. The van der Waals surface area contributed by atoms with E-state index in [9.17, 15) is 9.00 Å². The highest BCUT2D eigenvalue weighted by atomic mass is 35.5. The first-order valence-electron chi connectivity index (χ1n) is 8.93. The summed E-state index contributed by atoms with van der Waals surface area (Å²) < 4.78 is 23.9. The standard InChI is InChI=1S/C20H20ClNO4S/c21-16-10-14(11-18-20(16)26-9-3-8-25-18)12-27(24)13-19(23)22-7-6-15-4-1-2-5-17(15)22/h1-2,4-5,10-11H,3,6-9,12-13H2. The first-order chi connectivity index (χ1) is 13.1. The van der Waals surface area contributed by atoms with Crippen LogP contribution in [0.4, 0.5) is 5.69 Å². The Kier molecular flexibility index (Phi) is 5.36. The molecule has 1 atom stereocenters. The predicted molar refractivity (Wildman–Crippen MR) is 106 cm³/mol. The maximum atomic E-state index is 12.6. The quantitative estimate of drug-likeness (QED) is 0.782. The fraction of sp³-hybridized carbons (Fsp3) is 0.350. The minimum absolute atomic E-state index is 0.0135. The zero-order chi connectivity index (χ0) is 18.8. The molecule has 2 aromatic carbocycles. The second-order valence-electron chi connectivity index (χ2n) is 6.61. The lowest BCUT2D eigenvalue weighted by Crippen LogP contribution is -2.33. The van der Waals surface area contributed by atoms with Crippen LogP contribution in [-0.4, -0.2) is 35.6 Å². The number of hydrogen-bond acceptors (Lipinski definition) is 4. The van der Waals surface area contributed by atoms with Crippen LogP contribution < -0.4 is 14.4 Å². The molecule has 2 aromatic rings. The van der Waals surface area contributed by atoms with Crippen LogP contribution in [0.5, 0.6) is 11.5 Å². The fourth-order valence-electron chi connectivity index (χ4n) is 3.42. The topological polar surface area (TPSA) is 55.8 Å². The monoisotopic (exact) mass is 405 g/mol. The van der Waals surface area contributed by atoms with Crippen LogP contribution in [0.2, 0.25) is 5.02 Å². The van der Waals surface area contributed by atoms with Crippen LogP contribution in [0.1, 0.15) is 17.5 Å². The maximum absolute atomic E-state index is 12.6. The number of rotatable bonds is 4. The van der Waals surface area contributed by atoms with Crippen LogP contribution in [0.15, 0.2) is 36.4 Å². The smallest absolute Gasteiger partial charge is 0.239 e. The van der Waals surface area contributed by atoms with Gasteiger partial charge in [-0.25, -0.2) is 0 Å². The van der Waals surface area contributed by atoms with Crippen molar-refractivity contribution in [2.45, 2.75) is 18.6 Å². The number of anilines is 1. The third kappa shape index (κ3) is 3.96. The molecule has 0 aliphatic carbocycles. The number of carbonyl (C=O) groups is 1. The van der Waals surface area contributed by atoms with Crippen LogP contribution in [0.3, 0.4) is 0 Å². The Morgan fingerprint density at radius 3 is 2.89 bits per heavy atom. The molecular formula is C20H20ClNO4S. The molecule has 2 aliphatic rings. The van der Waals surface area contributed by atoms with Gasteiger partial charge >= 0.3 is 0 Å². The average Bonchev–Trinajstić information content (AvgIpc) is 2.93. The molecule has 0 fully saturated rings. The average molecular weight is 406 g/mol. The zero-order valence-electron chi connectivity index (χ0n) is 14.8. The summed E-state index contributed by atoms with van der Waals surface area (Å²) in [4.78, 5) is 14.3. The van der Waals surface area contributed by atoms with Crippen LogP contribution in [0.25, 0.3) is 0 Å². The molecule has 0 bridgehead atoms. The molecule has 1 unspecified atom stereocenters. The molecule has 7 heteroatoms. The lowest BCUT2D eigenvalue weighted by atomic mass is 10.2. The van der Waals surface area contributed by atoms with Gasteiger partial charge in [0, 0.05) is 35.2 Å². The van der Waals surface area contributed by atoms with Crippen LogP contribution in [0, 0.1) is 0 Å². The Balaban J connectivity index is 1.43. The molecule has 0 aromatic heterocycles. The summed E-state index contributed by atoms with van der Waals surface area (Å²) >= 11 is 6.29. The number of amides is 1. The normalized spacial score (nSPS) is 16.6. The summed E-state index contributed by atoms with van der Waals surface area (Å²) in [5.74, 6) is 1.23. The molecule has 0 saturated carbocycles. The number of ether oxygens (including phenoxy) is 2. The van der Waals surface area contributed by atoms with Crippen molar-refractivity contribution in [3.63, 3.8) is 0 Å². The predicted octanol–water partition coefficient (Wildman–Crippen LogP) is 3.34. The van der Waals surface area contributed by atoms with E-state index in [4.69, 9.17) is 21.1 Å². The van der Waals surface area contributed by atoms with Gasteiger partial charge in [0.1, 0.15) is 5.75 Å². The number of benzene rings is 2. The second kappa shape index (κ2) is 7.90. The SMILES string of the molecule is O=C(CS(=O)Cc1cc(Cl)c2c(c1)OCCCO2)N1CCc2ccccc21. The van der Waals surface area contributed by atoms with Gasteiger partial charge in [-0.15, -0.1) is 0 Å². The van der Waals surface area contributed by atoms with Gasteiger partial charge in [0.05, 0.1) is 18.2 Å². The van der Waals surface area contributed by atoms with Gasteiger partial charge in [-0.05, 0) is 35.7 Å². The molecule has 2 aliphatic heterocycles. The van der Waals surface area contributed by atoms with Crippen molar-refractivity contribution in [1.29, 1.82) is 0 Å². The molecule has 27 heavy (non-hydrogen) atoms. The second-order valence-corrected chi connectivity index (χ2v) is 8.47. The van der Waals surface area contributed by atoms with Crippen LogP contribution >= 0.6 is 11.6 Å². The largest absolute Gasteiger partial charge is 0.489 e. The van der Waals surface area contributed by atoms with Crippen molar-refractivity contribution in [1.82, 2.24) is 0 Å². The Morgan fingerprint density at radius 1 is 1.19 bits per heavy atom.